The van der Waals surface area contributed by atoms with E-state index in [1.165, 1.54) is 18.2 Å². The first-order valence-corrected chi connectivity index (χ1v) is 5.60. The Labute approximate surface area is 110 Å². The van der Waals surface area contributed by atoms with Gasteiger partial charge in [-0.2, -0.15) is 0 Å². The average Bonchev–Trinajstić information content (AvgIpc) is 2.43. The van der Waals surface area contributed by atoms with Crippen molar-refractivity contribution in [1.29, 1.82) is 0 Å². The summed E-state index contributed by atoms with van der Waals surface area (Å²) in [4.78, 5) is 11.9. The van der Waals surface area contributed by atoms with Crippen molar-refractivity contribution in [3.05, 3.63) is 53.8 Å². The molecule has 0 saturated carbocycles. The van der Waals surface area contributed by atoms with Crippen molar-refractivity contribution in [2.45, 2.75) is 0 Å². The molecule has 0 atom stereocenters. The molecule has 0 spiro atoms. The van der Waals surface area contributed by atoms with Crippen molar-refractivity contribution in [2.75, 3.05) is 18.2 Å². The minimum Gasteiger partial charge on any atom is -0.497 e. The third-order valence-electron chi connectivity index (χ3n) is 2.61. The van der Waals surface area contributed by atoms with Gasteiger partial charge in [0.1, 0.15) is 11.6 Å². The molecule has 98 valence electrons. The van der Waals surface area contributed by atoms with Crippen LogP contribution in [0.3, 0.4) is 0 Å². The fraction of sp³-hybridized carbons (Fsp3) is 0.0714. The number of carbonyl (C=O) groups is 1. The van der Waals surface area contributed by atoms with E-state index in [9.17, 15) is 9.18 Å². The van der Waals surface area contributed by atoms with Crippen LogP contribution in [0.2, 0.25) is 0 Å². The normalized spacial score (nSPS) is 10.0. The smallest absolute Gasteiger partial charge is 0.255 e. The Morgan fingerprint density at radius 2 is 1.89 bits per heavy atom. The van der Waals surface area contributed by atoms with Crippen LogP contribution in [0.15, 0.2) is 42.5 Å². The molecule has 2 aromatic rings. The van der Waals surface area contributed by atoms with Gasteiger partial charge in [0, 0.05) is 11.3 Å². The van der Waals surface area contributed by atoms with Crippen LogP contribution >= 0.6 is 0 Å². The van der Waals surface area contributed by atoms with E-state index in [2.05, 4.69) is 5.32 Å². The maximum absolute atomic E-state index is 13.0. The van der Waals surface area contributed by atoms with Crippen molar-refractivity contribution in [3.8, 4) is 5.75 Å². The molecular weight excluding hydrogens is 247 g/mol. The van der Waals surface area contributed by atoms with E-state index in [0.29, 0.717) is 17.0 Å². The molecule has 0 aliphatic rings. The van der Waals surface area contributed by atoms with E-state index >= 15 is 0 Å². The first kappa shape index (κ1) is 12.9. The standard InChI is InChI=1S/C14H13FN2O2/c1-19-11-5-2-9(3-6-11)14(18)17-10-4-7-12(15)13(16)8-10/h2-8H,16H2,1H3,(H,17,18). The highest BCUT2D eigenvalue weighted by atomic mass is 19.1. The Morgan fingerprint density at radius 1 is 1.21 bits per heavy atom. The van der Waals surface area contributed by atoms with Gasteiger partial charge in [0.15, 0.2) is 0 Å². The molecule has 2 aromatic carbocycles. The average molecular weight is 260 g/mol. The molecule has 5 heteroatoms. The summed E-state index contributed by atoms with van der Waals surface area (Å²) in [6.45, 7) is 0. The van der Waals surface area contributed by atoms with Crippen molar-refractivity contribution in [3.63, 3.8) is 0 Å². The minimum atomic E-state index is -0.512. The number of halogens is 1. The highest BCUT2D eigenvalue weighted by Gasteiger charge is 2.07. The number of amides is 1. The van der Waals surface area contributed by atoms with Crippen molar-refractivity contribution < 1.29 is 13.9 Å². The summed E-state index contributed by atoms with van der Waals surface area (Å²) in [6, 6.07) is 10.7. The van der Waals surface area contributed by atoms with E-state index in [4.69, 9.17) is 10.5 Å². The molecule has 1 amide bonds. The van der Waals surface area contributed by atoms with Crippen LogP contribution < -0.4 is 15.8 Å². The van der Waals surface area contributed by atoms with Crippen LogP contribution in [0.25, 0.3) is 0 Å². The van der Waals surface area contributed by atoms with Gasteiger partial charge in [0.25, 0.3) is 5.91 Å². The lowest BCUT2D eigenvalue weighted by Crippen LogP contribution is -2.12. The molecule has 0 radical (unpaired) electrons. The minimum absolute atomic E-state index is 0.00692. The van der Waals surface area contributed by atoms with Gasteiger partial charge >= 0.3 is 0 Å². The van der Waals surface area contributed by atoms with E-state index < -0.39 is 5.82 Å². The van der Waals surface area contributed by atoms with Crippen LogP contribution in [0.1, 0.15) is 10.4 Å². The summed E-state index contributed by atoms with van der Waals surface area (Å²) in [5.41, 5.74) is 6.34. The number of nitrogens with two attached hydrogens (primary N) is 1. The monoisotopic (exact) mass is 260 g/mol. The first-order chi connectivity index (χ1) is 9.10. The highest BCUT2D eigenvalue weighted by Crippen LogP contribution is 2.18. The molecule has 2 rings (SSSR count). The van der Waals surface area contributed by atoms with Crippen molar-refractivity contribution >= 4 is 17.3 Å². The van der Waals surface area contributed by atoms with E-state index in [0.717, 1.165) is 0 Å². The number of rotatable bonds is 3. The maximum Gasteiger partial charge on any atom is 0.255 e. The quantitative estimate of drug-likeness (QED) is 0.834. The second-order valence-electron chi connectivity index (χ2n) is 3.92. The summed E-state index contributed by atoms with van der Waals surface area (Å²) in [5.74, 6) is -0.140. The lowest BCUT2D eigenvalue weighted by atomic mass is 10.2. The third-order valence-corrected chi connectivity index (χ3v) is 2.61. The predicted octanol–water partition coefficient (Wildman–Crippen LogP) is 2.67. The van der Waals surface area contributed by atoms with Gasteiger partial charge in [-0.3, -0.25) is 4.79 Å². The lowest BCUT2D eigenvalue weighted by molar-refractivity contribution is 0.102. The van der Waals surface area contributed by atoms with Gasteiger partial charge in [-0.1, -0.05) is 0 Å². The molecule has 0 unspecified atom stereocenters. The third kappa shape index (κ3) is 3.01. The molecule has 0 bridgehead atoms. The summed E-state index contributed by atoms with van der Waals surface area (Å²) < 4.78 is 18.0. The van der Waals surface area contributed by atoms with Crippen molar-refractivity contribution in [1.82, 2.24) is 0 Å². The molecule has 0 aromatic heterocycles. The number of methoxy groups -OCH3 is 1. The van der Waals surface area contributed by atoms with Gasteiger partial charge in [-0.05, 0) is 42.5 Å². The summed E-state index contributed by atoms with van der Waals surface area (Å²) in [7, 11) is 1.55. The molecular formula is C14H13FN2O2. The number of nitrogens with one attached hydrogen (secondary N) is 1. The Bertz CT molecular complexity index is 597. The van der Waals surface area contributed by atoms with Gasteiger partial charge in [0.2, 0.25) is 0 Å². The molecule has 0 aliphatic carbocycles. The van der Waals surface area contributed by atoms with E-state index in [-0.39, 0.29) is 11.6 Å². The second kappa shape index (κ2) is 5.39. The summed E-state index contributed by atoms with van der Waals surface area (Å²) >= 11 is 0. The van der Waals surface area contributed by atoms with Gasteiger partial charge in [0.05, 0.1) is 12.8 Å². The Hall–Kier alpha value is -2.56. The topological polar surface area (TPSA) is 64.3 Å². The number of carbonyl (C=O) groups excluding carboxylic acids is 1. The van der Waals surface area contributed by atoms with E-state index in [1.54, 1.807) is 31.4 Å². The lowest BCUT2D eigenvalue weighted by Gasteiger charge is -2.07. The zero-order valence-electron chi connectivity index (χ0n) is 10.3. The Morgan fingerprint density at radius 3 is 2.47 bits per heavy atom. The molecule has 0 saturated heterocycles. The SMILES string of the molecule is COc1ccc(C(=O)Nc2ccc(F)c(N)c2)cc1. The van der Waals surface area contributed by atoms with Crippen LogP contribution in [0.5, 0.6) is 5.75 Å². The number of anilines is 2. The molecule has 4 nitrogen and oxygen atoms in total. The summed E-state index contributed by atoms with van der Waals surface area (Å²) in [6.07, 6.45) is 0. The van der Waals surface area contributed by atoms with Crippen LogP contribution in [-0.4, -0.2) is 13.0 Å². The zero-order chi connectivity index (χ0) is 13.8. The molecule has 19 heavy (non-hydrogen) atoms. The van der Waals surface area contributed by atoms with Crippen LogP contribution in [0, 0.1) is 5.82 Å². The largest absolute Gasteiger partial charge is 0.497 e. The number of hydrogen-bond acceptors (Lipinski definition) is 3. The fourth-order valence-corrected chi connectivity index (χ4v) is 1.57. The van der Waals surface area contributed by atoms with E-state index in [1.807, 2.05) is 0 Å². The highest BCUT2D eigenvalue weighted by molar-refractivity contribution is 6.04. The number of benzene rings is 2. The molecule has 0 heterocycles. The Balaban J connectivity index is 2.13. The molecule has 3 N–H and O–H groups in total. The molecule has 0 fully saturated rings. The molecule has 0 aliphatic heterocycles. The second-order valence-corrected chi connectivity index (χ2v) is 3.92. The van der Waals surface area contributed by atoms with Crippen molar-refractivity contribution in [2.24, 2.45) is 0 Å². The summed E-state index contributed by atoms with van der Waals surface area (Å²) in [5, 5.41) is 2.64. The Kier molecular flexibility index (Phi) is 3.66. The van der Waals surface area contributed by atoms with Gasteiger partial charge in [-0.15, -0.1) is 0 Å². The maximum atomic E-state index is 13.0. The number of ether oxygens (including phenoxy) is 1. The number of nitrogen functional groups attached to an aromatic ring is 1. The van der Waals surface area contributed by atoms with Crippen LogP contribution in [0.4, 0.5) is 15.8 Å². The predicted molar refractivity (Wildman–Crippen MR) is 71.8 cm³/mol. The number of hydrogen-bond donors (Lipinski definition) is 2. The zero-order valence-corrected chi connectivity index (χ0v) is 10.3. The van der Waals surface area contributed by atoms with Crippen LogP contribution in [-0.2, 0) is 0 Å². The first-order valence-electron chi connectivity index (χ1n) is 5.60. The van der Waals surface area contributed by atoms with Gasteiger partial charge < -0.3 is 15.8 Å². The fourth-order valence-electron chi connectivity index (χ4n) is 1.57. The van der Waals surface area contributed by atoms with Gasteiger partial charge in [-0.25, -0.2) is 4.39 Å².